The van der Waals surface area contributed by atoms with E-state index < -0.39 is 0 Å². The molecule has 0 saturated carbocycles. The molecule has 64 valence electrons. The number of rotatable bonds is 3. The van der Waals surface area contributed by atoms with Crippen LogP contribution in [0.25, 0.3) is 0 Å². The van der Waals surface area contributed by atoms with Crippen LogP contribution in [0.15, 0.2) is 29.4 Å². The van der Waals surface area contributed by atoms with Crippen LogP contribution in [0.3, 0.4) is 0 Å². The number of nitrogens with zero attached hydrogens (tertiary/aromatic N) is 1. The Labute approximate surface area is 80.0 Å². The van der Waals surface area contributed by atoms with Gasteiger partial charge in [0.05, 0.1) is 6.21 Å². The highest BCUT2D eigenvalue weighted by molar-refractivity contribution is 9.09. The summed E-state index contributed by atoms with van der Waals surface area (Å²) in [7, 11) is 0. The van der Waals surface area contributed by atoms with E-state index in [1.54, 1.807) is 0 Å². The molecule has 0 aliphatic rings. The molecule has 0 bridgehead atoms. The molecule has 3 heteroatoms. The number of aryl methyl sites for hydroxylation is 1. The molecular formula is C9H10BrNO. The van der Waals surface area contributed by atoms with E-state index in [1.165, 1.54) is 11.8 Å². The summed E-state index contributed by atoms with van der Waals surface area (Å²) in [4.78, 5) is 0. The molecule has 0 aromatic heterocycles. The lowest BCUT2D eigenvalue weighted by atomic mass is 10.1. The maximum atomic E-state index is 8.25. The van der Waals surface area contributed by atoms with Crippen LogP contribution in [0.1, 0.15) is 11.1 Å². The molecule has 0 unspecified atom stereocenters. The monoisotopic (exact) mass is 227 g/mol. The first-order valence-electron chi connectivity index (χ1n) is 3.69. The fourth-order valence-corrected chi connectivity index (χ4v) is 1.40. The van der Waals surface area contributed by atoms with Gasteiger partial charge in [-0.2, -0.15) is 0 Å². The van der Waals surface area contributed by atoms with Crippen molar-refractivity contribution in [3.8, 4) is 0 Å². The van der Waals surface area contributed by atoms with Crippen molar-refractivity contribution in [1.82, 2.24) is 0 Å². The molecule has 1 N–H and O–H groups in total. The van der Waals surface area contributed by atoms with Crippen molar-refractivity contribution in [3.05, 3.63) is 35.4 Å². The largest absolute Gasteiger partial charge is 0.411 e. The molecule has 1 aromatic carbocycles. The van der Waals surface area contributed by atoms with Crippen molar-refractivity contribution in [1.29, 1.82) is 0 Å². The molecule has 0 aliphatic carbocycles. The van der Waals surface area contributed by atoms with Crippen molar-refractivity contribution in [2.75, 3.05) is 5.33 Å². The minimum atomic E-state index is 0.913. The summed E-state index contributed by atoms with van der Waals surface area (Å²) in [6.07, 6.45) is 2.44. The first-order valence-corrected chi connectivity index (χ1v) is 4.81. The molecule has 0 fully saturated rings. The highest BCUT2D eigenvalue weighted by atomic mass is 79.9. The predicted octanol–water partition coefficient (Wildman–Crippen LogP) is 2.43. The van der Waals surface area contributed by atoms with Gasteiger partial charge in [-0.25, -0.2) is 0 Å². The standard InChI is InChI=1S/C9H10BrNO/c10-6-5-8-1-3-9(4-2-8)7-11-12/h1-4,7,12H,5-6H2/b11-7+. The molecule has 12 heavy (non-hydrogen) atoms. The van der Waals surface area contributed by atoms with Gasteiger partial charge in [0.2, 0.25) is 0 Å². The Morgan fingerprint density at radius 2 is 2.00 bits per heavy atom. The van der Waals surface area contributed by atoms with E-state index in [0.29, 0.717) is 0 Å². The second kappa shape index (κ2) is 4.93. The zero-order chi connectivity index (χ0) is 8.81. The number of oxime groups is 1. The number of hydrogen-bond acceptors (Lipinski definition) is 2. The molecule has 0 atom stereocenters. The Bertz CT molecular complexity index is 256. The van der Waals surface area contributed by atoms with Crippen LogP contribution in [0.2, 0.25) is 0 Å². The average molecular weight is 228 g/mol. The van der Waals surface area contributed by atoms with Gasteiger partial charge in [0.25, 0.3) is 0 Å². The third-order valence-electron chi connectivity index (χ3n) is 1.57. The van der Waals surface area contributed by atoms with Crippen LogP contribution in [-0.4, -0.2) is 16.8 Å². The van der Waals surface area contributed by atoms with Crippen LogP contribution >= 0.6 is 15.9 Å². The van der Waals surface area contributed by atoms with Gasteiger partial charge in [-0.1, -0.05) is 45.4 Å². The molecule has 0 radical (unpaired) electrons. The Hall–Kier alpha value is -0.830. The number of halogens is 1. The highest BCUT2D eigenvalue weighted by Crippen LogP contribution is 2.04. The van der Waals surface area contributed by atoms with Crippen molar-refractivity contribution < 1.29 is 5.21 Å². The molecular weight excluding hydrogens is 218 g/mol. The summed E-state index contributed by atoms with van der Waals surface area (Å²) >= 11 is 3.37. The van der Waals surface area contributed by atoms with E-state index in [2.05, 4.69) is 21.1 Å². The van der Waals surface area contributed by atoms with Gasteiger partial charge in [-0.15, -0.1) is 0 Å². The molecule has 0 amide bonds. The van der Waals surface area contributed by atoms with Gasteiger partial charge >= 0.3 is 0 Å². The minimum absolute atomic E-state index is 0.913. The number of benzene rings is 1. The van der Waals surface area contributed by atoms with Gasteiger partial charge in [0, 0.05) is 5.33 Å². The molecule has 1 aromatic rings. The van der Waals surface area contributed by atoms with Crippen LogP contribution in [0.4, 0.5) is 0 Å². The summed E-state index contributed by atoms with van der Waals surface area (Å²) in [6.45, 7) is 0. The summed E-state index contributed by atoms with van der Waals surface area (Å²) in [5.74, 6) is 0. The lowest BCUT2D eigenvalue weighted by Crippen LogP contribution is -1.86. The van der Waals surface area contributed by atoms with Crippen molar-refractivity contribution >= 4 is 22.1 Å². The molecule has 2 nitrogen and oxygen atoms in total. The number of hydrogen-bond donors (Lipinski definition) is 1. The molecule has 1 rings (SSSR count). The normalized spacial score (nSPS) is 10.8. The first kappa shape index (κ1) is 9.26. The highest BCUT2D eigenvalue weighted by Gasteiger charge is 1.91. The minimum Gasteiger partial charge on any atom is -0.411 e. The van der Waals surface area contributed by atoms with Crippen LogP contribution in [0.5, 0.6) is 0 Å². The van der Waals surface area contributed by atoms with Gasteiger partial charge < -0.3 is 5.21 Å². The van der Waals surface area contributed by atoms with E-state index in [1.807, 2.05) is 24.3 Å². The van der Waals surface area contributed by atoms with E-state index in [9.17, 15) is 0 Å². The van der Waals surface area contributed by atoms with Gasteiger partial charge in [0.15, 0.2) is 0 Å². The fraction of sp³-hybridized carbons (Fsp3) is 0.222. The Kier molecular flexibility index (Phi) is 3.80. The fourth-order valence-electron chi connectivity index (χ4n) is 0.946. The summed E-state index contributed by atoms with van der Waals surface area (Å²) in [5.41, 5.74) is 2.19. The van der Waals surface area contributed by atoms with E-state index >= 15 is 0 Å². The predicted molar refractivity (Wildman–Crippen MR) is 53.3 cm³/mol. The first-order chi connectivity index (χ1) is 5.86. The molecule has 0 saturated heterocycles. The van der Waals surface area contributed by atoms with E-state index in [4.69, 9.17) is 5.21 Å². The third kappa shape index (κ3) is 2.66. The Balaban J connectivity index is 2.71. The number of alkyl halides is 1. The van der Waals surface area contributed by atoms with Crippen molar-refractivity contribution in [2.24, 2.45) is 5.16 Å². The second-order valence-electron chi connectivity index (χ2n) is 2.43. The van der Waals surface area contributed by atoms with E-state index in [-0.39, 0.29) is 0 Å². The lowest BCUT2D eigenvalue weighted by molar-refractivity contribution is 0.322. The Morgan fingerprint density at radius 3 is 2.50 bits per heavy atom. The van der Waals surface area contributed by atoms with Crippen LogP contribution in [-0.2, 0) is 6.42 Å². The summed E-state index contributed by atoms with van der Waals surface area (Å²) in [5, 5.41) is 12.2. The maximum Gasteiger partial charge on any atom is 0.0733 e. The Morgan fingerprint density at radius 1 is 1.33 bits per heavy atom. The molecule has 0 aliphatic heterocycles. The molecule has 0 heterocycles. The lowest BCUT2D eigenvalue weighted by Gasteiger charge is -1.97. The van der Waals surface area contributed by atoms with E-state index in [0.717, 1.165) is 17.3 Å². The quantitative estimate of drug-likeness (QED) is 0.366. The summed E-state index contributed by atoms with van der Waals surface area (Å²) in [6, 6.07) is 7.91. The zero-order valence-electron chi connectivity index (χ0n) is 6.57. The SMILES string of the molecule is O/N=C/c1ccc(CCBr)cc1. The average Bonchev–Trinajstić information content (AvgIpc) is 2.09. The second-order valence-corrected chi connectivity index (χ2v) is 3.22. The van der Waals surface area contributed by atoms with Gasteiger partial charge in [0.1, 0.15) is 0 Å². The van der Waals surface area contributed by atoms with Crippen molar-refractivity contribution in [2.45, 2.75) is 6.42 Å². The summed E-state index contributed by atoms with van der Waals surface area (Å²) < 4.78 is 0. The van der Waals surface area contributed by atoms with Gasteiger partial charge in [-0.05, 0) is 17.5 Å². The van der Waals surface area contributed by atoms with Crippen LogP contribution in [0, 0.1) is 0 Å². The smallest absolute Gasteiger partial charge is 0.0733 e. The third-order valence-corrected chi connectivity index (χ3v) is 1.97. The zero-order valence-corrected chi connectivity index (χ0v) is 8.16. The van der Waals surface area contributed by atoms with Crippen molar-refractivity contribution in [3.63, 3.8) is 0 Å². The van der Waals surface area contributed by atoms with Gasteiger partial charge in [-0.3, -0.25) is 0 Å². The van der Waals surface area contributed by atoms with Crippen LogP contribution < -0.4 is 0 Å². The maximum absolute atomic E-state index is 8.25. The molecule has 0 spiro atoms. The topological polar surface area (TPSA) is 32.6 Å².